The summed E-state index contributed by atoms with van der Waals surface area (Å²) >= 11 is 0. The maximum absolute atomic E-state index is 11.3. The second-order valence-electron chi connectivity index (χ2n) is 5.66. The van der Waals surface area contributed by atoms with E-state index in [2.05, 4.69) is 41.5 Å². The summed E-state index contributed by atoms with van der Waals surface area (Å²) in [7, 11) is -1.14. The summed E-state index contributed by atoms with van der Waals surface area (Å²) in [6.07, 6.45) is 0.473. The van der Waals surface area contributed by atoms with Gasteiger partial charge in [-0.1, -0.05) is 48.5 Å². The highest BCUT2D eigenvalue weighted by Gasteiger charge is 2.42. The molecule has 0 spiro atoms. The van der Waals surface area contributed by atoms with Crippen molar-refractivity contribution in [2.24, 2.45) is 0 Å². The molecule has 2 nitrogen and oxygen atoms in total. The van der Waals surface area contributed by atoms with Gasteiger partial charge in [-0.2, -0.15) is 0 Å². The van der Waals surface area contributed by atoms with Gasteiger partial charge in [0.25, 0.3) is 15.0 Å². The van der Waals surface area contributed by atoms with Gasteiger partial charge >= 0.3 is 0 Å². The molecule has 0 aliphatic carbocycles. The molecule has 0 aromatic heterocycles. The topological polar surface area (TPSA) is 26.3 Å². The molecule has 0 aliphatic rings. The third-order valence-electron chi connectivity index (χ3n) is 1.87. The van der Waals surface area contributed by atoms with E-state index in [1.165, 1.54) is 0 Å². The molecule has 0 fully saturated rings. The van der Waals surface area contributed by atoms with Gasteiger partial charge in [-0.3, -0.25) is 4.79 Å². The molecule has 83 valence electrons. The van der Waals surface area contributed by atoms with Crippen LogP contribution in [-0.4, -0.2) is 15.0 Å². The predicted molar refractivity (Wildman–Crippen MR) is 61.6 cm³/mol. The Balaban J connectivity index is 4.68. The molecule has 0 unspecified atom stereocenters. The predicted octanol–water partition coefficient (Wildman–Crippen LogP) is 3.53. The lowest BCUT2D eigenvalue weighted by Crippen LogP contribution is -2.39. The van der Waals surface area contributed by atoms with Crippen molar-refractivity contribution in [1.29, 1.82) is 0 Å². The van der Waals surface area contributed by atoms with Crippen LogP contribution in [-0.2, 0) is 9.22 Å². The number of carbonyl (C=O) groups excluding carboxylic acids is 1. The maximum Gasteiger partial charge on any atom is 0.295 e. The normalized spacial score (nSPS) is 13.1. The highest BCUT2D eigenvalue weighted by Crippen LogP contribution is 2.42. The van der Waals surface area contributed by atoms with E-state index in [4.69, 9.17) is 4.43 Å². The molecule has 0 aromatic rings. The lowest BCUT2D eigenvalue weighted by atomic mass is 10.2. The largest absolute Gasteiger partial charge is 0.516 e. The fourth-order valence-electron chi connectivity index (χ4n) is 1.62. The van der Waals surface area contributed by atoms with Crippen LogP contribution in [0.5, 0.6) is 0 Å². The van der Waals surface area contributed by atoms with Crippen molar-refractivity contribution in [3.05, 3.63) is 0 Å². The SMILES string of the molecule is CCC(=O)O[Si](C(C)(C)C)C(C)(C)C. The average Bonchev–Trinajstić information content (AvgIpc) is 1.95. The van der Waals surface area contributed by atoms with Gasteiger partial charge in [-0.05, 0) is 10.1 Å². The van der Waals surface area contributed by atoms with Crippen molar-refractivity contribution in [3.8, 4) is 0 Å². The molecule has 0 bridgehead atoms. The number of carbonyl (C=O) groups is 1. The summed E-state index contributed by atoms with van der Waals surface area (Å²) in [5.74, 6) is -0.0660. The Hall–Kier alpha value is -0.313. The molecule has 0 saturated carbocycles. The van der Waals surface area contributed by atoms with E-state index in [0.717, 1.165) is 0 Å². The lowest BCUT2D eigenvalue weighted by molar-refractivity contribution is -0.134. The van der Waals surface area contributed by atoms with Crippen molar-refractivity contribution < 1.29 is 9.22 Å². The maximum atomic E-state index is 11.3. The van der Waals surface area contributed by atoms with Gasteiger partial charge in [0.1, 0.15) is 0 Å². The van der Waals surface area contributed by atoms with Gasteiger partial charge in [-0.25, -0.2) is 0 Å². The van der Waals surface area contributed by atoms with Crippen molar-refractivity contribution >= 4 is 15.0 Å². The van der Waals surface area contributed by atoms with Crippen LogP contribution in [0.15, 0.2) is 0 Å². The zero-order valence-electron chi connectivity index (χ0n) is 10.5. The Morgan fingerprint density at radius 1 is 1.07 bits per heavy atom. The van der Waals surface area contributed by atoms with E-state index < -0.39 is 9.04 Å². The summed E-state index contributed by atoms with van der Waals surface area (Å²) < 4.78 is 5.59. The fraction of sp³-hybridized carbons (Fsp3) is 0.909. The first-order valence-electron chi connectivity index (χ1n) is 5.17. The van der Waals surface area contributed by atoms with Gasteiger partial charge in [0.15, 0.2) is 0 Å². The quantitative estimate of drug-likeness (QED) is 0.659. The molecule has 14 heavy (non-hydrogen) atoms. The summed E-state index contributed by atoms with van der Waals surface area (Å²) in [4.78, 5) is 11.3. The Kier molecular flexibility index (Phi) is 4.37. The second-order valence-corrected chi connectivity index (χ2v) is 9.52. The smallest absolute Gasteiger partial charge is 0.295 e. The van der Waals surface area contributed by atoms with E-state index in [0.29, 0.717) is 6.42 Å². The van der Waals surface area contributed by atoms with E-state index >= 15 is 0 Å². The van der Waals surface area contributed by atoms with E-state index in [9.17, 15) is 4.79 Å². The monoisotopic (exact) mass is 215 g/mol. The van der Waals surface area contributed by atoms with E-state index in [1.807, 2.05) is 6.92 Å². The van der Waals surface area contributed by atoms with Gasteiger partial charge in [0, 0.05) is 6.42 Å². The van der Waals surface area contributed by atoms with Crippen LogP contribution >= 0.6 is 0 Å². The standard InChI is InChI=1S/C11H23O2Si/c1-8-9(12)13-14(10(2,3)4)11(5,6)7/h8H2,1-7H3. The highest BCUT2D eigenvalue weighted by atomic mass is 28.3. The van der Waals surface area contributed by atoms with Crippen LogP contribution in [0.25, 0.3) is 0 Å². The molecule has 0 N–H and O–H groups in total. The van der Waals surface area contributed by atoms with Gasteiger partial charge in [0.2, 0.25) is 0 Å². The molecule has 0 aliphatic heterocycles. The summed E-state index contributed by atoms with van der Waals surface area (Å²) in [5.41, 5.74) is 0. The van der Waals surface area contributed by atoms with Gasteiger partial charge in [-0.15, -0.1) is 0 Å². The first-order valence-corrected chi connectivity index (χ1v) is 6.58. The minimum Gasteiger partial charge on any atom is -0.516 e. The highest BCUT2D eigenvalue weighted by molar-refractivity contribution is 6.60. The van der Waals surface area contributed by atoms with Gasteiger partial charge in [0.05, 0.1) is 0 Å². The number of hydrogen-bond acceptors (Lipinski definition) is 2. The first kappa shape index (κ1) is 13.7. The molecule has 1 radical (unpaired) electrons. The molecular formula is C11H23O2Si. The Bertz CT molecular complexity index is 184. The minimum atomic E-state index is -1.14. The Labute approximate surface area is 89.8 Å². The van der Waals surface area contributed by atoms with Crippen LogP contribution in [0, 0.1) is 0 Å². The number of hydrogen-bond donors (Lipinski definition) is 0. The van der Waals surface area contributed by atoms with Gasteiger partial charge < -0.3 is 4.43 Å². The molecule has 3 heteroatoms. The summed E-state index contributed by atoms with van der Waals surface area (Å²) in [5, 5.41) is 0.182. The van der Waals surface area contributed by atoms with Crippen LogP contribution in [0.4, 0.5) is 0 Å². The molecule has 0 atom stereocenters. The van der Waals surface area contributed by atoms with E-state index in [1.54, 1.807) is 0 Å². The Morgan fingerprint density at radius 3 is 1.64 bits per heavy atom. The zero-order chi connectivity index (χ0) is 11.6. The fourth-order valence-corrected chi connectivity index (χ4v) is 4.85. The number of rotatable bonds is 2. The molecule has 0 amide bonds. The first-order chi connectivity index (χ1) is 6.09. The van der Waals surface area contributed by atoms with Crippen molar-refractivity contribution in [3.63, 3.8) is 0 Å². The van der Waals surface area contributed by atoms with E-state index in [-0.39, 0.29) is 16.0 Å². The van der Waals surface area contributed by atoms with Crippen LogP contribution in [0.3, 0.4) is 0 Å². The van der Waals surface area contributed by atoms with Crippen molar-refractivity contribution in [2.75, 3.05) is 0 Å². The molecule has 0 heterocycles. The minimum absolute atomic E-state index is 0.0660. The summed E-state index contributed by atoms with van der Waals surface area (Å²) in [6, 6.07) is 0. The summed E-state index contributed by atoms with van der Waals surface area (Å²) in [6.45, 7) is 14.7. The molecule has 0 saturated heterocycles. The molecule has 0 aromatic carbocycles. The second kappa shape index (κ2) is 4.47. The average molecular weight is 215 g/mol. The van der Waals surface area contributed by atoms with Crippen LogP contribution < -0.4 is 0 Å². The van der Waals surface area contributed by atoms with Crippen LogP contribution in [0.1, 0.15) is 54.9 Å². The third-order valence-corrected chi connectivity index (χ3v) is 5.02. The van der Waals surface area contributed by atoms with Crippen LogP contribution in [0.2, 0.25) is 10.1 Å². The third kappa shape index (κ3) is 4.27. The lowest BCUT2D eigenvalue weighted by Gasteiger charge is -2.36. The molecule has 0 rings (SSSR count). The zero-order valence-corrected chi connectivity index (χ0v) is 11.5. The van der Waals surface area contributed by atoms with Crippen molar-refractivity contribution in [2.45, 2.75) is 65.0 Å². The van der Waals surface area contributed by atoms with Crippen molar-refractivity contribution in [1.82, 2.24) is 0 Å². The Morgan fingerprint density at radius 2 is 1.43 bits per heavy atom. The molecular weight excluding hydrogens is 192 g/mol.